The molecule has 6 heteroatoms. The van der Waals surface area contributed by atoms with Crippen molar-refractivity contribution in [1.82, 2.24) is 4.98 Å². The molecule has 0 amide bonds. The number of allylic oxidation sites excluding steroid dienone is 1. The number of hydrogen-bond donors (Lipinski definition) is 0. The second-order valence-electron chi connectivity index (χ2n) is 6.57. The summed E-state index contributed by atoms with van der Waals surface area (Å²) in [4.78, 5) is 16.9. The number of carbonyl (C=O) groups is 1. The van der Waals surface area contributed by atoms with Crippen molar-refractivity contribution >= 4 is 29.1 Å². The lowest BCUT2D eigenvalue weighted by Gasteiger charge is -2.33. The van der Waals surface area contributed by atoms with Crippen LogP contribution in [-0.2, 0) is 26.1 Å². The van der Waals surface area contributed by atoms with Crippen molar-refractivity contribution in [2.45, 2.75) is 25.8 Å². The Morgan fingerprint density at radius 1 is 1.50 bits per heavy atom. The zero-order valence-electron chi connectivity index (χ0n) is 12.8. The average molecular weight is 335 g/mol. The van der Waals surface area contributed by atoms with Gasteiger partial charge in [-0.05, 0) is 31.3 Å². The summed E-state index contributed by atoms with van der Waals surface area (Å²) in [6.07, 6.45) is 2.18. The van der Waals surface area contributed by atoms with Gasteiger partial charge in [-0.1, -0.05) is 30.4 Å². The molecule has 3 aliphatic rings. The Morgan fingerprint density at radius 3 is 2.91 bits per heavy atom. The summed E-state index contributed by atoms with van der Waals surface area (Å²) in [7, 11) is 1.59. The Labute approximate surface area is 134 Å². The lowest BCUT2D eigenvalue weighted by molar-refractivity contribution is -0.160. The zero-order valence-corrected chi connectivity index (χ0v) is 14.5. The van der Waals surface area contributed by atoms with Gasteiger partial charge in [0.2, 0.25) is 6.29 Å². The van der Waals surface area contributed by atoms with Gasteiger partial charge in [0.25, 0.3) is 0 Å². The van der Waals surface area contributed by atoms with Crippen molar-refractivity contribution in [3.63, 3.8) is 0 Å². The molecule has 2 saturated heterocycles. The van der Waals surface area contributed by atoms with Gasteiger partial charge in [0.05, 0.1) is 17.3 Å². The van der Waals surface area contributed by atoms with E-state index >= 15 is 0 Å². The Kier molecular flexibility index (Phi) is 2.98. The van der Waals surface area contributed by atoms with Gasteiger partial charge in [0.1, 0.15) is 0 Å². The second kappa shape index (κ2) is 4.50. The van der Waals surface area contributed by atoms with Crippen LogP contribution >= 0.6 is 6.04 Å². The monoisotopic (exact) mass is 335 g/mol. The molecule has 0 saturated carbocycles. The smallest absolute Gasteiger partial charge is 0.313 e. The predicted molar refractivity (Wildman–Crippen MR) is 88.3 cm³/mol. The van der Waals surface area contributed by atoms with Crippen LogP contribution in [0.5, 0.6) is 0 Å². The molecular formula is C16H18NO3PS. The molecule has 1 aromatic heterocycles. The van der Waals surface area contributed by atoms with Crippen molar-refractivity contribution < 1.29 is 14.3 Å². The van der Waals surface area contributed by atoms with E-state index in [1.165, 1.54) is 10.9 Å². The van der Waals surface area contributed by atoms with Crippen LogP contribution in [0.3, 0.4) is 0 Å². The lowest BCUT2D eigenvalue weighted by atomic mass is 9.72. The molecule has 0 N–H and O–H groups in total. The molecule has 0 radical (unpaired) electrons. The molecule has 4 rings (SSSR count). The molecule has 4 nitrogen and oxygen atoms in total. The number of aromatic nitrogens is 1. The third-order valence-corrected chi connectivity index (χ3v) is 11.2. The fourth-order valence-corrected chi connectivity index (χ4v) is 11.6. The number of rotatable bonds is 2. The summed E-state index contributed by atoms with van der Waals surface area (Å²) < 4.78 is 10.9. The first-order valence-electron chi connectivity index (χ1n) is 7.39. The molecular weight excluding hydrogens is 317 g/mol. The minimum absolute atomic E-state index is 0.00861. The number of pyridine rings is 1. The van der Waals surface area contributed by atoms with E-state index in [1.54, 1.807) is 13.3 Å². The Morgan fingerprint density at radius 2 is 2.27 bits per heavy atom. The fraction of sp³-hybridized carbons (Fsp3) is 0.500. The number of nitrogens with zero attached hydrogens (tertiary/aromatic N) is 1. The Hall–Kier alpha value is -1.03. The van der Waals surface area contributed by atoms with Gasteiger partial charge in [-0.15, -0.1) is 0 Å². The standard InChI is InChI=1S/C16H18NO3PS/c1-9-12(10-6-4-5-7-17-10)21(22)8-16(9,2)11-13(21)15(19-3)20-14(11)18/h4-7,11,13,15H,8H2,1-3H3/t11?,13?,15-,16?,21?/m1/s1. The highest BCUT2D eigenvalue weighted by atomic mass is 32.4. The van der Waals surface area contributed by atoms with E-state index < -0.39 is 12.3 Å². The van der Waals surface area contributed by atoms with Crippen molar-refractivity contribution in [2.75, 3.05) is 13.3 Å². The molecule has 116 valence electrons. The van der Waals surface area contributed by atoms with E-state index in [2.05, 4.69) is 18.8 Å². The van der Waals surface area contributed by atoms with Crippen molar-refractivity contribution in [3.05, 3.63) is 35.7 Å². The molecule has 4 heterocycles. The minimum atomic E-state index is -1.96. The SMILES string of the molecule is CO[C@@H]1OC(=O)C2C1P1(=S)CC2(C)C(C)=C1c1ccccn1. The molecule has 3 aliphatic heterocycles. The van der Waals surface area contributed by atoms with Crippen molar-refractivity contribution in [3.8, 4) is 0 Å². The van der Waals surface area contributed by atoms with Crippen molar-refractivity contribution in [2.24, 2.45) is 11.3 Å². The third-order valence-electron chi connectivity index (χ3n) is 5.57. The van der Waals surface area contributed by atoms with E-state index in [1.807, 2.05) is 18.2 Å². The number of esters is 1. The molecule has 4 unspecified atom stereocenters. The van der Waals surface area contributed by atoms with Gasteiger partial charge in [-0.25, -0.2) is 0 Å². The Balaban J connectivity index is 1.95. The molecule has 2 fully saturated rings. The van der Waals surface area contributed by atoms with Crippen LogP contribution in [0.1, 0.15) is 19.5 Å². The fourth-order valence-electron chi connectivity index (χ4n) is 4.53. The highest BCUT2D eigenvalue weighted by Gasteiger charge is 2.70. The highest BCUT2D eigenvalue weighted by Crippen LogP contribution is 2.83. The normalized spacial score (nSPS) is 42.7. The number of ether oxygens (including phenoxy) is 2. The van der Waals surface area contributed by atoms with Crippen molar-refractivity contribution in [1.29, 1.82) is 0 Å². The number of hydrogen-bond acceptors (Lipinski definition) is 5. The molecule has 0 aromatic carbocycles. The maximum absolute atomic E-state index is 12.4. The van der Waals surface area contributed by atoms with E-state index in [4.69, 9.17) is 21.3 Å². The first kappa shape index (κ1) is 14.6. The number of methoxy groups -OCH3 is 1. The first-order chi connectivity index (χ1) is 10.4. The summed E-state index contributed by atoms with van der Waals surface area (Å²) >= 11 is 6.20. The topological polar surface area (TPSA) is 48.4 Å². The van der Waals surface area contributed by atoms with Gasteiger partial charge >= 0.3 is 5.97 Å². The maximum atomic E-state index is 12.4. The van der Waals surface area contributed by atoms with Crippen LogP contribution in [0.25, 0.3) is 5.31 Å². The van der Waals surface area contributed by atoms with Crippen LogP contribution in [-0.4, -0.2) is 36.2 Å². The second-order valence-corrected chi connectivity index (χ2v) is 11.5. The largest absolute Gasteiger partial charge is 0.435 e. The summed E-state index contributed by atoms with van der Waals surface area (Å²) in [6, 6.07) is 3.95. The number of fused-ring (bicyclic) bond motifs is 5. The quantitative estimate of drug-likeness (QED) is 0.614. The van der Waals surface area contributed by atoms with Gasteiger partial charge in [-0.2, -0.15) is 0 Å². The zero-order chi connectivity index (χ0) is 15.7. The first-order valence-corrected chi connectivity index (χ1v) is 10.4. The average Bonchev–Trinajstić information content (AvgIpc) is 3.03. The molecule has 0 spiro atoms. The number of carbonyl (C=O) groups excluding carboxylic acids is 1. The predicted octanol–water partition coefficient (Wildman–Crippen LogP) is 2.84. The summed E-state index contributed by atoms with van der Waals surface area (Å²) in [5, 5.41) is 1.20. The van der Waals surface area contributed by atoms with Crippen LogP contribution in [0.15, 0.2) is 30.0 Å². The molecule has 5 atom stereocenters. The molecule has 2 bridgehead atoms. The van der Waals surface area contributed by atoms with Gasteiger partial charge in [0.15, 0.2) is 0 Å². The number of cyclic esters (lactones) is 1. The maximum Gasteiger partial charge on any atom is 0.313 e. The summed E-state index contributed by atoms with van der Waals surface area (Å²) in [5.41, 5.74) is 1.96. The van der Waals surface area contributed by atoms with Crippen LogP contribution < -0.4 is 0 Å². The summed E-state index contributed by atoms with van der Waals surface area (Å²) in [5.74, 6) is -0.304. The minimum Gasteiger partial charge on any atom is -0.435 e. The van der Waals surface area contributed by atoms with E-state index in [0.29, 0.717) is 0 Å². The van der Waals surface area contributed by atoms with Crippen LogP contribution in [0, 0.1) is 11.3 Å². The van der Waals surface area contributed by atoms with Gasteiger partial charge < -0.3 is 9.47 Å². The van der Waals surface area contributed by atoms with Crippen LogP contribution in [0.4, 0.5) is 0 Å². The molecule has 0 aliphatic carbocycles. The molecule has 22 heavy (non-hydrogen) atoms. The third kappa shape index (κ3) is 1.54. The highest BCUT2D eigenvalue weighted by molar-refractivity contribution is 8.20. The van der Waals surface area contributed by atoms with Gasteiger partial charge in [0, 0.05) is 24.0 Å². The Bertz CT molecular complexity index is 747. The van der Waals surface area contributed by atoms with E-state index in [-0.39, 0.29) is 23.0 Å². The van der Waals surface area contributed by atoms with E-state index in [0.717, 1.165) is 11.9 Å². The molecule has 1 aromatic rings. The van der Waals surface area contributed by atoms with Crippen LogP contribution in [0.2, 0.25) is 0 Å². The summed E-state index contributed by atoms with van der Waals surface area (Å²) in [6.45, 7) is 4.27. The lowest BCUT2D eigenvalue weighted by Crippen LogP contribution is -2.35. The van der Waals surface area contributed by atoms with E-state index in [9.17, 15) is 4.79 Å². The van der Waals surface area contributed by atoms with Gasteiger partial charge in [-0.3, -0.25) is 9.78 Å².